The van der Waals surface area contributed by atoms with Gasteiger partial charge in [-0.15, -0.1) is 5.10 Å². The Hall–Kier alpha value is -1.82. The fourth-order valence-electron chi connectivity index (χ4n) is 1.77. The fraction of sp³-hybridized carbons (Fsp3) is 0.333. The van der Waals surface area contributed by atoms with E-state index in [-0.39, 0.29) is 0 Å². The second-order valence-electron chi connectivity index (χ2n) is 3.78. The maximum absolute atomic E-state index is 13.0. The third-order valence-electron chi connectivity index (χ3n) is 2.57. The zero-order valence-corrected chi connectivity index (χ0v) is 9.92. The highest BCUT2D eigenvalue weighted by Gasteiger charge is 2.25. The first-order valence-electron chi connectivity index (χ1n) is 5.71. The van der Waals surface area contributed by atoms with Gasteiger partial charge in [-0.3, -0.25) is 0 Å². The van der Waals surface area contributed by atoms with E-state index >= 15 is 0 Å². The number of aromatic nitrogens is 3. The van der Waals surface area contributed by atoms with Crippen molar-refractivity contribution in [1.29, 1.82) is 0 Å². The first-order chi connectivity index (χ1) is 8.74. The lowest BCUT2D eigenvalue weighted by molar-refractivity contribution is 0.0963. The number of hydrogen-bond acceptors (Lipinski definition) is 3. The molecule has 1 atom stereocenters. The Morgan fingerprint density at radius 3 is 2.61 bits per heavy atom. The van der Waals surface area contributed by atoms with E-state index in [9.17, 15) is 8.78 Å². The summed E-state index contributed by atoms with van der Waals surface area (Å²) < 4.78 is 27.5. The van der Waals surface area contributed by atoms with Crippen LogP contribution < -0.4 is 5.32 Å². The second-order valence-corrected chi connectivity index (χ2v) is 3.78. The Bertz CT molecular complexity index is 484. The molecule has 0 saturated carbocycles. The van der Waals surface area contributed by atoms with Crippen molar-refractivity contribution in [3.8, 4) is 5.69 Å². The summed E-state index contributed by atoms with van der Waals surface area (Å²) >= 11 is 0. The van der Waals surface area contributed by atoms with Crippen LogP contribution in [0.1, 0.15) is 18.7 Å². The lowest BCUT2D eigenvalue weighted by Gasteiger charge is -2.17. The zero-order valence-electron chi connectivity index (χ0n) is 9.92. The topological polar surface area (TPSA) is 42.7 Å². The average molecular weight is 252 g/mol. The normalized spacial score (nSPS) is 12.9. The molecule has 1 aromatic heterocycles. The van der Waals surface area contributed by atoms with E-state index in [4.69, 9.17) is 0 Å². The summed E-state index contributed by atoms with van der Waals surface area (Å²) in [5.41, 5.74) is 1.08. The number of nitrogens with zero attached hydrogens (tertiary/aromatic N) is 3. The van der Waals surface area contributed by atoms with Gasteiger partial charge in [0.15, 0.2) is 0 Å². The molecular weight excluding hydrogens is 238 g/mol. The highest BCUT2D eigenvalue weighted by atomic mass is 19.3. The minimum Gasteiger partial charge on any atom is -0.304 e. The maximum atomic E-state index is 13.0. The van der Waals surface area contributed by atoms with Gasteiger partial charge in [-0.25, -0.2) is 13.5 Å². The third kappa shape index (κ3) is 2.53. The van der Waals surface area contributed by atoms with Crippen LogP contribution in [0.4, 0.5) is 8.78 Å². The molecular formula is C12H14F2N4. The largest absolute Gasteiger partial charge is 0.304 e. The number of halogens is 2. The lowest BCUT2D eigenvalue weighted by Crippen LogP contribution is -2.29. The van der Waals surface area contributed by atoms with Gasteiger partial charge in [0, 0.05) is 0 Å². The Kier molecular flexibility index (Phi) is 3.99. The van der Waals surface area contributed by atoms with Crippen molar-refractivity contribution < 1.29 is 8.78 Å². The van der Waals surface area contributed by atoms with Gasteiger partial charge in [-0.2, -0.15) is 0 Å². The van der Waals surface area contributed by atoms with Gasteiger partial charge in [0.1, 0.15) is 6.04 Å². The van der Waals surface area contributed by atoms with Gasteiger partial charge in [0.05, 0.1) is 17.6 Å². The van der Waals surface area contributed by atoms with Crippen LogP contribution in [0.15, 0.2) is 36.5 Å². The van der Waals surface area contributed by atoms with E-state index in [2.05, 4.69) is 15.6 Å². The average Bonchev–Trinajstić information content (AvgIpc) is 2.85. The van der Waals surface area contributed by atoms with E-state index in [1.54, 1.807) is 19.1 Å². The van der Waals surface area contributed by atoms with Crippen molar-refractivity contribution in [2.45, 2.75) is 19.4 Å². The molecule has 96 valence electrons. The van der Waals surface area contributed by atoms with E-state index in [1.165, 1.54) is 10.9 Å². The van der Waals surface area contributed by atoms with Crippen LogP contribution in [0.25, 0.3) is 5.69 Å². The van der Waals surface area contributed by atoms with E-state index < -0.39 is 12.5 Å². The second kappa shape index (κ2) is 5.68. The highest BCUT2D eigenvalue weighted by molar-refractivity contribution is 5.32. The molecule has 0 aliphatic carbocycles. The van der Waals surface area contributed by atoms with Gasteiger partial charge in [-0.1, -0.05) is 30.3 Å². The molecule has 1 aromatic carbocycles. The predicted octanol–water partition coefficient (Wildman–Crippen LogP) is 2.18. The molecule has 18 heavy (non-hydrogen) atoms. The Balaban J connectivity index is 2.37. The van der Waals surface area contributed by atoms with Crippen molar-refractivity contribution in [1.82, 2.24) is 20.3 Å². The fourth-order valence-corrected chi connectivity index (χ4v) is 1.77. The monoisotopic (exact) mass is 252 g/mol. The van der Waals surface area contributed by atoms with E-state index in [0.29, 0.717) is 17.9 Å². The van der Waals surface area contributed by atoms with Crippen LogP contribution >= 0.6 is 0 Å². The summed E-state index contributed by atoms with van der Waals surface area (Å²) in [6, 6.07) is 8.04. The Morgan fingerprint density at radius 1 is 1.28 bits per heavy atom. The minimum absolute atomic E-state index is 0.359. The number of benzene rings is 1. The van der Waals surface area contributed by atoms with Crippen molar-refractivity contribution in [2.24, 2.45) is 0 Å². The van der Waals surface area contributed by atoms with Gasteiger partial charge in [0.25, 0.3) is 6.43 Å². The highest BCUT2D eigenvalue weighted by Crippen LogP contribution is 2.21. The minimum atomic E-state index is -2.51. The molecule has 0 bridgehead atoms. The summed E-state index contributed by atoms with van der Waals surface area (Å²) in [6.07, 6.45) is -1.14. The third-order valence-corrected chi connectivity index (χ3v) is 2.57. The van der Waals surface area contributed by atoms with Crippen molar-refractivity contribution in [3.63, 3.8) is 0 Å². The van der Waals surface area contributed by atoms with Gasteiger partial charge >= 0.3 is 0 Å². The SMILES string of the molecule is CCNC(c1cnnn1-c1ccccc1)C(F)F. The van der Waals surface area contributed by atoms with Crippen LogP contribution in [0.5, 0.6) is 0 Å². The van der Waals surface area contributed by atoms with Crippen LogP contribution in [-0.4, -0.2) is 28.0 Å². The quantitative estimate of drug-likeness (QED) is 0.887. The predicted molar refractivity (Wildman–Crippen MR) is 63.8 cm³/mol. The van der Waals surface area contributed by atoms with Crippen LogP contribution in [0.3, 0.4) is 0 Å². The number of alkyl halides is 2. The Labute approximate surface area is 104 Å². The molecule has 0 saturated heterocycles. The summed E-state index contributed by atoms with van der Waals surface area (Å²) in [5.74, 6) is 0. The standard InChI is InChI=1S/C12H14F2N4/c1-2-15-11(12(13)14)10-8-16-17-18(10)9-6-4-3-5-7-9/h3-8,11-12,15H,2H2,1H3. The Morgan fingerprint density at radius 2 is 2.00 bits per heavy atom. The first-order valence-corrected chi connectivity index (χ1v) is 5.71. The molecule has 2 rings (SSSR count). The van der Waals surface area contributed by atoms with Gasteiger partial charge in [-0.05, 0) is 18.7 Å². The summed E-state index contributed by atoms with van der Waals surface area (Å²) in [7, 11) is 0. The summed E-state index contributed by atoms with van der Waals surface area (Å²) in [5, 5.41) is 10.3. The molecule has 4 nitrogen and oxygen atoms in total. The molecule has 0 radical (unpaired) electrons. The molecule has 0 amide bonds. The first kappa shape index (κ1) is 12.6. The molecule has 0 spiro atoms. The van der Waals surface area contributed by atoms with Crippen LogP contribution in [-0.2, 0) is 0 Å². The smallest absolute Gasteiger partial charge is 0.259 e. The van der Waals surface area contributed by atoms with Crippen molar-refractivity contribution in [2.75, 3.05) is 6.54 Å². The molecule has 1 N–H and O–H groups in total. The number of nitrogens with one attached hydrogen (secondary N) is 1. The lowest BCUT2D eigenvalue weighted by atomic mass is 10.2. The number of hydrogen-bond donors (Lipinski definition) is 1. The molecule has 0 aliphatic rings. The van der Waals surface area contributed by atoms with Crippen LogP contribution in [0.2, 0.25) is 0 Å². The zero-order chi connectivity index (χ0) is 13.0. The van der Waals surface area contributed by atoms with E-state index in [1.807, 2.05) is 18.2 Å². The summed E-state index contributed by atoms with van der Waals surface area (Å²) in [6.45, 7) is 2.24. The number of para-hydroxylation sites is 1. The van der Waals surface area contributed by atoms with Gasteiger partial charge in [0.2, 0.25) is 0 Å². The van der Waals surface area contributed by atoms with Crippen LogP contribution in [0, 0.1) is 0 Å². The summed E-state index contributed by atoms with van der Waals surface area (Å²) in [4.78, 5) is 0. The molecule has 6 heteroatoms. The molecule has 1 heterocycles. The molecule has 2 aromatic rings. The number of rotatable bonds is 5. The van der Waals surface area contributed by atoms with E-state index in [0.717, 1.165) is 0 Å². The molecule has 1 unspecified atom stereocenters. The van der Waals surface area contributed by atoms with Crippen molar-refractivity contribution in [3.05, 3.63) is 42.2 Å². The van der Waals surface area contributed by atoms with Gasteiger partial charge < -0.3 is 5.32 Å². The molecule has 0 fully saturated rings. The maximum Gasteiger partial charge on any atom is 0.259 e. The molecule has 0 aliphatic heterocycles. The van der Waals surface area contributed by atoms with Crippen molar-refractivity contribution >= 4 is 0 Å².